The summed E-state index contributed by atoms with van der Waals surface area (Å²) in [4.78, 5) is 11.5. The van der Waals surface area contributed by atoms with E-state index in [1.54, 1.807) is 7.11 Å². The monoisotopic (exact) mass is 315 g/mol. The average molecular weight is 316 g/mol. The zero-order chi connectivity index (χ0) is 13.8. The Bertz CT molecular complexity index is 432. The van der Waals surface area contributed by atoms with Gasteiger partial charge < -0.3 is 14.8 Å². The van der Waals surface area contributed by atoms with E-state index in [1.807, 2.05) is 32.0 Å². The Morgan fingerprint density at radius 1 is 1.39 bits per heavy atom. The molecule has 0 spiro atoms. The fourth-order valence-electron chi connectivity index (χ4n) is 1.44. The van der Waals surface area contributed by atoms with E-state index in [4.69, 9.17) is 9.47 Å². The van der Waals surface area contributed by atoms with Crippen LogP contribution in [0, 0.1) is 5.41 Å². The van der Waals surface area contributed by atoms with E-state index in [0.717, 1.165) is 15.9 Å². The molecule has 1 rings (SSSR count). The molecular formula is C13H18BrNO3. The fraction of sp³-hybridized carbons (Fsp3) is 0.462. The number of esters is 1. The van der Waals surface area contributed by atoms with Crippen molar-refractivity contribution in [1.82, 2.24) is 0 Å². The topological polar surface area (TPSA) is 47.6 Å². The van der Waals surface area contributed by atoms with Crippen LogP contribution in [0.1, 0.15) is 13.8 Å². The van der Waals surface area contributed by atoms with Gasteiger partial charge in [0.1, 0.15) is 5.75 Å². The predicted molar refractivity (Wildman–Crippen MR) is 75.0 cm³/mol. The van der Waals surface area contributed by atoms with Gasteiger partial charge in [0, 0.05) is 18.3 Å². The third-order valence-corrected chi connectivity index (χ3v) is 3.28. The smallest absolute Gasteiger partial charge is 0.313 e. The molecule has 4 nitrogen and oxygen atoms in total. The van der Waals surface area contributed by atoms with Gasteiger partial charge >= 0.3 is 5.97 Å². The summed E-state index contributed by atoms with van der Waals surface area (Å²) in [7, 11) is 3.01. The maximum Gasteiger partial charge on any atom is 0.313 e. The van der Waals surface area contributed by atoms with Gasteiger partial charge in [-0.3, -0.25) is 4.79 Å². The maximum atomic E-state index is 11.5. The minimum Gasteiger partial charge on any atom is -0.495 e. The number of carbonyl (C=O) groups excluding carboxylic acids is 1. The zero-order valence-corrected chi connectivity index (χ0v) is 12.6. The summed E-state index contributed by atoms with van der Waals surface area (Å²) < 4.78 is 10.9. The molecule has 0 unspecified atom stereocenters. The molecule has 0 aliphatic heterocycles. The highest BCUT2D eigenvalue weighted by molar-refractivity contribution is 9.10. The Morgan fingerprint density at radius 2 is 2.06 bits per heavy atom. The van der Waals surface area contributed by atoms with E-state index in [1.165, 1.54) is 7.11 Å². The third-order valence-electron chi connectivity index (χ3n) is 2.62. The molecule has 1 aromatic carbocycles. The minimum absolute atomic E-state index is 0.237. The van der Waals surface area contributed by atoms with Crippen LogP contribution < -0.4 is 10.1 Å². The highest BCUT2D eigenvalue weighted by atomic mass is 79.9. The van der Waals surface area contributed by atoms with Gasteiger partial charge in [0.25, 0.3) is 0 Å². The van der Waals surface area contributed by atoms with Crippen LogP contribution in [0.25, 0.3) is 0 Å². The first-order chi connectivity index (χ1) is 8.40. The molecule has 0 aliphatic rings. The number of carbonyl (C=O) groups is 1. The van der Waals surface area contributed by atoms with Crippen molar-refractivity contribution in [3.05, 3.63) is 22.7 Å². The molecule has 0 bridgehead atoms. The number of nitrogens with one attached hydrogen (secondary N) is 1. The van der Waals surface area contributed by atoms with E-state index >= 15 is 0 Å². The molecule has 0 aliphatic carbocycles. The van der Waals surface area contributed by atoms with Crippen LogP contribution in [0.4, 0.5) is 5.69 Å². The average Bonchev–Trinajstić information content (AvgIpc) is 2.36. The molecule has 0 heterocycles. The van der Waals surface area contributed by atoms with Crippen LogP contribution in [0.2, 0.25) is 0 Å². The van der Waals surface area contributed by atoms with Crippen LogP contribution in [-0.4, -0.2) is 26.7 Å². The Hall–Kier alpha value is -1.23. The van der Waals surface area contributed by atoms with Crippen molar-refractivity contribution >= 4 is 27.6 Å². The molecule has 0 amide bonds. The zero-order valence-electron chi connectivity index (χ0n) is 11.0. The first-order valence-corrected chi connectivity index (χ1v) is 6.36. The summed E-state index contributed by atoms with van der Waals surface area (Å²) >= 11 is 3.39. The van der Waals surface area contributed by atoms with Gasteiger partial charge in [0.15, 0.2) is 0 Å². The number of ether oxygens (including phenoxy) is 2. The quantitative estimate of drug-likeness (QED) is 0.848. The largest absolute Gasteiger partial charge is 0.495 e. The van der Waals surface area contributed by atoms with Gasteiger partial charge in [0.05, 0.1) is 24.1 Å². The number of hydrogen-bond acceptors (Lipinski definition) is 4. The van der Waals surface area contributed by atoms with E-state index in [2.05, 4.69) is 21.2 Å². The first-order valence-electron chi connectivity index (χ1n) is 5.56. The Morgan fingerprint density at radius 3 is 2.61 bits per heavy atom. The number of halogens is 1. The van der Waals surface area contributed by atoms with E-state index in [9.17, 15) is 4.79 Å². The molecule has 100 valence electrons. The Labute approximate surface area is 116 Å². The lowest BCUT2D eigenvalue weighted by Crippen LogP contribution is -2.33. The molecule has 5 heteroatoms. The van der Waals surface area contributed by atoms with Crippen molar-refractivity contribution in [2.75, 3.05) is 26.1 Å². The minimum atomic E-state index is -0.574. The fourth-order valence-corrected chi connectivity index (χ4v) is 1.85. The molecule has 0 atom stereocenters. The molecule has 18 heavy (non-hydrogen) atoms. The van der Waals surface area contributed by atoms with Gasteiger partial charge in [-0.1, -0.05) is 0 Å². The third kappa shape index (κ3) is 3.63. The number of methoxy groups -OCH3 is 2. The van der Waals surface area contributed by atoms with E-state index in [0.29, 0.717) is 6.54 Å². The van der Waals surface area contributed by atoms with Crippen LogP contribution >= 0.6 is 15.9 Å². The van der Waals surface area contributed by atoms with Gasteiger partial charge in [0.2, 0.25) is 0 Å². The van der Waals surface area contributed by atoms with Crippen LogP contribution in [0.15, 0.2) is 22.7 Å². The van der Waals surface area contributed by atoms with E-state index in [-0.39, 0.29) is 5.97 Å². The van der Waals surface area contributed by atoms with Crippen molar-refractivity contribution in [2.24, 2.45) is 5.41 Å². The van der Waals surface area contributed by atoms with Crippen molar-refractivity contribution < 1.29 is 14.3 Å². The van der Waals surface area contributed by atoms with E-state index < -0.39 is 5.41 Å². The number of hydrogen-bond donors (Lipinski definition) is 1. The molecule has 1 aromatic rings. The SMILES string of the molecule is COC(=O)C(C)(C)CNc1ccc(Br)c(OC)c1. The lowest BCUT2D eigenvalue weighted by atomic mass is 9.93. The van der Waals surface area contributed by atoms with Gasteiger partial charge in [-0.2, -0.15) is 0 Å². The maximum absolute atomic E-state index is 11.5. The van der Waals surface area contributed by atoms with Crippen LogP contribution in [0.5, 0.6) is 5.75 Å². The number of anilines is 1. The van der Waals surface area contributed by atoms with Gasteiger partial charge in [-0.05, 0) is 41.9 Å². The lowest BCUT2D eigenvalue weighted by Gasteiger charge is -2.22. The Balaban J connectivity index is 2.72. The summed E-state index contributed by atoms with van der Waals surface area (Å²) in [5.74, 6) is 0.509. The summed E-state index contributed by atoms with van der Waals surface area (Å²) in [6, 6.07) is 5.68. The molecule has 1 N–H and O–H groups in total. The predicted octanol–water partition coefficient (Wildman–Crippen LogP) is 3.07. The van der Waals surface area contributed by atoms with Crippen LogP contribution in [-0.2, 0) is 9.53 Å². The second-order valence-corrected chi connectivity index (χ2v) is 5.43. The summed E-state index contributed by atoms with van der Waals surface area (Å²) in [6.45, 7) is 4.16. The van der Waals surface area contributed by atoms with Gasteiger partial charge in [-0.25, -0.2) is 0 Å². The Kier molecular flexibility index (Phi) is 5.02. The summed E-state index contributed by atoms with van der Waals surface area (Å²) in [5, 5.41) is 3.20. The van der Waals surface area contributed by atoms with Crippen molar-refractivity contribution in [3.8, 4) is 5.75 Å². The lowest BCUT2D eigenvalue weighted by molar-refractivity contribution is -0.149. The summed E-state index contributed by atoms with van der Waals surface area (Å²) in [5.41, 5.74) is 0.321. The molecular weight excluding hydrogens is 298 g/mol. The van der Waals surface area contributed by atoms with Crippen molar-refractivity contribution in [1.29, 1.82) is 0 Å². The molecule has 0 saturated heterocycles. The molecule has 0 radical (unpaired) electrons. The molecule has 0 fully saturated rings. The second-order valence-electron chi connectivity index (χ2n) is 4.58. The number of benzene rings is 1. The van der Waals surface area contributed by atoms with Gasteiger partial charge in [-0.15, -0.1) is 0 Å². The summed E-state index contributed by atoms with van der Waals surface area (Å²) in [6.07, 6.45) is 0. The normalized spacial score (nSPS) is 10.9. The molecule has 0 aromatic heterocycles. The highest BCUT2D eigenvalue weighted by Gasteiger charge is 2.28. The van der Waals surface area contributed by atoms with Crippen molar-refractivity contribution in [3.63, 3.8) is 0 Å². The highest BCUT2D eigenvalue weighted by Crippen LogP contribution is 2.28. The first kappa shape index (κ1) is 14.8. The van der Waals surface area contributed by atoms with Crippen molar-refractivity contribution in [2.45, 2.75) is 13.8 Å². The number of rotatable bonds is 5. The van der Waals surface area contributed by atoms with Crippen LogP contribution in [0.3, 0.4) is 0 Å². The standard InChI is InChI=1S/C13H18BrNO3/c1-13(2,12(16)18-4)8-15-9-5-6-10(14)11(7-9)17-3/h5-7,15H,8H2,1-4H3. The second kappa shape index (κ2) is 6.09. The molecule has 0 saturated carbocycles.